The second-order valence-corrected chi connectivity index (χ2v) is 24.3. The molecule has 4 N–H and O–H groups in total. The van der Waals surface area contributed by atoms with Crippen LogP contribution in [0.15, 0.2) is 70.8 Å². The van der Waals surface area contributed by atoms with Crippen molar-refractivity contribution in [3.63, 3.8) is 0 Å². The van der Waals surface area contributed by atoms with E-state index in [9.17, 15) is 19.8 Å². The molecule has 6 atom stereocenters. The normalized spacial score (nSPS) is 21.5. The molecule has 7 aromatic rings. The fourth-order valence-electron chi connectivity index (χ4n) is 13.1. The largest absolute Gasteiger partial charge is 0.508 e. The van der Waals surface area contributed by atoms with Gasteiger partial charge in [-0.05, 0) is 99.2 Å². The van der Waals surface area contributed by atoms with Gasteiger partial charge in [0.05, 0.1) is 39.2 Å². The fourth-order valence-corrected chi connectivity index (χ4v) is 13.9. The fraction of sp³-hybridized carbons (Fsp3) is 0.468. The van der Waals surface area contributed by atoms with Crippen LogP contribution in [0.3, 0.4) is 0 Å². The van der Waals surface area contributed by atoms with E-state index < -0.39 is 29.7 Å². The van der Waals surface area contributed by atoms with Crippen LogP contribution in [0.2, 0.25) is 0 Å². The number of carbonyl (C=O) groups excluding carboxylic acids is 2. The number of amides is 2. The van der Waals surface area contributed by atoms with Crippen LogP contribution in [-0.4, -0.2) is 165 Å². The van der Waals surface area contributed by atoms with E-state index in [1.807, 2.05) is 63.5 Å². The Kier molecular flexibility index (Phi) is 16.0. The summed E-state index contributed by atoms with van der Waals surface area (Å²) in [4.78, 5) is 58.6. The van der Waals surface area contributed by atoms with Gasteiger partial charge < -0.3 is 44.8 Å². The van der Waals surface area contributed by atoms with Crippen molar-refractivity contribution in [2.75, 3.05) is 88.4 Å². The Balaban J connectivity index is 0.638. The number of carbonyl (C=O) groups is 2. The number of aromatic hydroxyl groups is 1. The third-order valence-electron chi connectivity index (χ3n) is 17.6. The molecule has 0 radical (unpaired) electrons. The van der Waals surface area contributed by atoms with Gasteiger partial charge in [0, 0.05) is 101 Å². The molecule has 18 nitrogen and oxygen atoms in total. The van der Waals surface area contributed by atoms with E-state index in [1.165, 1.54) is 29.2 Å². The second-order valence-electron chi connectivity index (χ2n) is 23.5. The summed E-state index contributed by atoms with van der Waals surface area (Å²) in [6.07, 6.45) is 10.8. The van der Waals surface area contributed by atoms with Crippen LogP contribution in [0.4, 0.5) is 20.4 Å². The van der Waals surface area contributed by atoms with E-state index >= 15 is 8.78 Å². The number of terminal acetylenes is 1. The number of hydrogen-bond donors (Lipinski definition) is 4. The Hall–Kier alpha value is -7.35. The van der Waals surface area contributed by atoms with Crippen molar-refractivity contribution in [2.45, 2.75) is 96.0 Å². The number of piperidine rings is 1. The molecule has 4 aromatic heterocycles. The molecule has 12 rings (SSSR count). The SMILES string of the molecule is C#Cc1c(F)ccc2cc(O)cc(-c3ncc4c(N5CC6CCC(C5)N6)nc(OCCN5CCC(CN6CCN(c7cc([C@H](C(=O)N8C[C@H](O)C[C@H]8C(=O)N[C@@H](C)c8ccc(-c9scnc9C)cc8)C(C)C)on7)CC6)CC5)nc4c3F)c12. The Labute approximate surface area is 485 Å². The van der Waals surface area contributed by atoms with Crippen LogP contribution in [0.1, 0.15) is 87.4 Å². The number of piperazine rings is 2. The second kappa shape index (κ2) is 23.7. The summed E-state index contributed by atoms with van der Waals surface area (Å²) in [5.74, 6) is 1.64. The molecule has 5 aliphatic rings. The molecule has 3 aromatic carbocycles. The van der Waals surface area contributed by atoms with Crippen molar-refractivity contribution in [1.29, 1.82) is 0 Å². The standard InChI is InChI=1S/C62H70F2N12O6S/c1-6-46-49(63)14-11-41-25-44(77)26-47(54(41)46)56-55(64)57-48(29-65-56)59(75-31-42-12-13-43(32-75)68-42)70-62(69-57)81-24-23-72-17-15-38(16-18-72)30-73-19-21-74(22-20-73)52-28-51(82-71-52)53(35(2)3)61(80)76-33-45(78)27-50(76)60(79)67-36(4)39-7-9-40(10-8-39)58-37(5)66-34-83-58/h1,7-11,14,25-26,28-29,34-36,38,42-43,45,50,53,68,77-78H,12-13,15-24,27,30-33H2,2-5H3,(H,67,79)/t36-,42?,43?,45+,50-,53+/m0/s1. The number of aryl methyl sites for hydroxylation is 1. The molecule has 9 heterocycles. The van der Waals surface area contributed by atoms with Gasteiger partial charge in [-0.15, -0.1) is 17.8 Å². The lowest BCUT2D eigenvalue weighted by molar-refractivity contribution is -0.141. The molecular weight excluding hydrogens is 1080 g/mol. The summed E-state index contributed by atoms with van der Waals surface area (Å²) in [7, 11) is 0. The van der Waals surface area contributed by atoms with Crippen molar-refractivity contribution < 1.29 is 37.8 Å². The summed E-state index contributed by atoms with van der Waals surface area (Å²) < 4.78 is 44.4. The number of likely N-dealkylation sites (tertiary alicyclic amines) is 2. The third-order valence-corrected chi connectivity index (χ3v) is 18.5. The third kappa shape index (κ3) is 11.6. The zero-order valence-electron chi connectivity index (χ0n) is 47.2. The van der Waals surface area contributed by atoms with Gasteiger partial charge in [0.2, 0.25) is 11.8 Å². The number of phenolic OH excluding ortho intramolecular Hbond substituents is 1. The number of aliphatic hydroxyl groups excluding tert-OH is 1. The van der Waals surface area contributed by atoms with E-state index in [0.29, 0.717) is 60.3 Å². The number of halogens is 2. The molecule has 0 spiro atoms. The van der Waals surface area contributed by atoms with Crippen LogP contribution in [0, 0.1) is 42.7 Å². The average molecular weight is 1150 g/mol. The number of rotatable bonds is 16. The molecule has 434 valence electrons. The van der Waals surface area contributed by atoms with Crippen LogP contribution in [0.25, 0.3) is 43.4 Å². The van der Waals surface area contributed by atoms with Gasteiger partial charge >= 0.3 is 6.01 Å². The number of phenols is 1. The molecule has 83 heavy (non-hydrogen) atoms. The summed E-state index contributed by atoms with van der Waals surface area (Å²) in [5.41, 5.74) is 4.79. The number of ether oxygens (including phenoxy) is 1. The van der Waals surface area contributed by atoms with E-state index in [2.05, 4.69) is 56.3 Å². The Morgan fingerprint density at radius 1 is 0.928 bits per heavy atom. The number of β-amino-alcohol motifs (C(OH)–C–C–N with tert-alkyl or cyclic N) is 1. The highest BCUT2D eigenvalue weighted by molar-refractivity contribution is 7.13. The average Bonchev–Trinajstić information content (AvgIpc) is 4.31. The number of hydrogen-bond acceptors (Lipinski definition) is 17. The lowest BCUT2D eigenvalue weighted by atomic mass is 9.91. The van der Waals surface area contributed by atoms with Crippen molar-refractivity contribution in [1.82, 2.24) is 50.4 Å². The van der Waals surface area contributed by atoms with Gasteiger partial charge in [-0.1, -0.05) is 55.3 Å². The number of fused-ring (bicyclic) bond motifs is 4. The minimum Gasteiger partial charge on any atom is -0.508 e. The molecule has 5 aliphatic heterocycles. The van der Waals surface area contributed by atoms with E-state index in [-0.39, 0.29) is 88.3 Å². The van der Waals surface area contributed by atoms with Gasteiger partial charge in [0.15, 0.2) is 17.4 Å². The predicted molar refractivity (Wildman–Crippen MR) is 314 cm³/mol. The lowest BCUT2D eigenvalue weighted by Crippen LogP contribution is -2.51. The summed E-state index contributed by atoms with van der Waals surface area (Å²) >= 11 is 1.59. The van der Waals surface area contributed by atoms with Crippen LogP contribution < -0.4 is 25.2 Å². The number of benzene rings is 3. The highest BCUT2D eigenvalue weighted by atomic mass is 32.1. The highest BCUT2D eigenvalue weighted by Gasteiger charge is 2.44. The Morgan fingerprint density at radius 3 is 2.40 bits per heavy atom. The first kappa shape index (κ1) is 56.1. The monoisotopic (exact) mass is 1150 g/mol. The number of thiazole rings is 1. The van der Waals surface area contributed by atoms with Crippen molar-refractivity contribution >= 4 is 56.5 Å². The van der Waals surface area contributed by atoms with Crippen LogP contribution in [-0.2, 0) is 9.59 Å². The molecule has 0 saturated carbocycles. The maximum Gasteiger partial charge on any atom is 0.319 e. The summed E-state index contributed by atoms with van der Waals surface area (Å²) in [6.45, 7) is 16.2. The molecule has 2 bridgehead atoms. The van der Waals surface area contributed by atoms with Crippen LogP contribution in [0.5, 0.6) is 11.8 Å². The Morgan fingerprint density at radius 2 is 1.69 bits per heavy atom. The first-order chi connectivity index (χ1) is 40.2. The lowest BCUT2D eigenvalue weighted by Gasteiger charge is -2.38. The topological polar surface area (TPSA) is 202 Å². The smallest absolute Gasteiger partial charge is 0.319 e. The van der Waals surface area contributed by atoms with E-state index in [0.717, 1.165) is 93.2 Å². The van der Waals surface area contributed by atoms with Crippen molar-refractivity contribution in [3.05, 3.63) is 101 Å². The molecule has 5 saturated heterocycles. The maximum absolute atomic E-state index is 17.1. The quantitative estimate of drug-likeness (QED) is 0.0687. The molecular formula is C62H70F2N12O6S. The van der Waals surface area contributed by atoms with Crippen molar-refractivity contribution in [2.24, 2.45) is 11.8 Å². The number of nitrogens with one attached hydrogen (secondary N) is 2. The number of pyridine rings is 1. The highest BCUT2D eigenvalue weighted by Crippen LogP contribution is 2.40. The number of anilines is 2. The molecule has 5 fully saturated rings. The first-order valence-electron chi connectivity index (χ1n) is 29.0. The molecule has 0 aliphatic carbocycles. The van der Waals surface area contributed by atoms with Gasteiger partial charge in [-0.2, -0.15) is 9.97 Å². The van der Waals surface area contributed by atoms with Crippen LogP contribution >= 0.6 is 11.3 Å². The minimum absolute atomic E-state index is 0.0134. The van der Waals surface area contributed by atoms with Gasteiger partial charge in [0.1, 0.15) is 47.2 Å². The predicted octanol–water partition coefficient (Wildman–Crippen LogP) is 7.66. The van der Waals surface area contributed by atoms with E-state index in [1.54, 1.807) is 17.5 Å². The molecule has 21 heteroatoms. The summed E-state index contributed by atoms with van der Waals surface area (Å²) in [6, 6.07) is 14.9. The molecule has 2 unspecified atom stereocenters. The Bertz CT molecular complexity index is 3570. The summed E-state index contributed by atoms with van der Waals surface area (Å²) in [5, 5.41) is 33.9. The number of aromatic nitrogens is 5. The zero-order chi connectivity index (χ0) is 57.6. The number of aliphatic hydroxyl groups is 1. The number of nitrogens with zero attached hydrogens (tertiary/aromatic N) is 10. The van der Waals surface area contributed by atoms with Gasteiger partial charge in [0.25, 0.3) is 0 Å². The van der Waals surface area contributed by atoms with Gasteiger partial charge in [-0.3, -0.25) is 24.4 Å². The van der Waals surface area contributed by atoms with Gasteiger partial charge in [-0.25, -0.2) is 13.8 Å². The molecule has 2 amide bonds. The first-order valence-corrected chi connectivity index (χ1v) is 29.9. The maximum atomic E-state index is 17.1. The zero-order valence-corrected chi connectivity index (χ0v) is 48.0. The minimum atomic E-state index is -0.829. The van der Waals surface area contributed by atoms with E-state index in [4.69, 9.17) is 20.7 Å². The van der Waals surface area contributed by atoms with Crippen molar-refractivity contribution in [3.8, 4) is 45.8 Å².